The second-order valence-electron chi connectivity index (χ2n) is 3.27. The molecule has 1 aliphatic rings. The Bertz CT molecular complexity index is 377. The number of benzene rings is 1. The molecular weight excluding hydrogens is 233 g/mol. The summed E-state index contributed by atoms with van der Waals surface area (Å²) in [5, 5.41) is 6.99. The van der Waals surface area contributed by atoms with Crippen molar-refractivity contribution in [3.05, 3.63) is 28.8 Å². The van der Waals surface area contributed by atoms with Crippen LogP contribution in [0.5, 0.6) is 0 Å². The van der Waals surface area contributed by atoms with Crippen molar-refractivity contribution in [2.45, 2.75) is 6.92 Å². The van der Waals surface area contributed by atoms with Crippen molar-refractivity contribution >= 4 is 35.7 Å². The minimum absolute atomic E-state index is 0. The predicted molar refractivity (Wildman–Crippen MR) is 67.4 cm³/mol. The number of halogens is 2. The lowest BCUT2D eigenvalue weighted by atomic mass is 10.2. The molecule has 82 valence electrons. The summed E-state index contributed by atoms with van der Waals surface area (Å²) in [6.45, 7) is 3.73. The molecular formula is C10H13Cl2N3. The molecule has 1 aromatic carbocycles. The van der Waals surface area contributed by atoms with E-state index in [1.165, 1.54) is 0 Å². The fourth-order valence-corrected chi connectivity index (χ4v) is 1.61. The van der Waals surface area contributed by atoms with Crippen molar-refractivity contribution in [3.63, 3.8) is 0 Å². The van der Waals surface area contributed by atoms with E-state index in [0.29, 0.717) is 0 Å². The summed E-state index contributed by atoms with van der Waals surface area (Å²) >= 11 is 6.06. The number of aliphatic imine (C=N–C) groups is 1. The first-order chi connectivity index (χ1) is 6.75. The molecule has 0 atom stereocenters. The number of anilines is 1. The van der Waals surface area contributed by atoms with E-state index in [0.717, 1.165) is 35.3 Å². The van der Waals surface area contributed by atoms with Crippen molar-refractivity contribution in [1.29, 1.82) is 0 Å². The minimum Gasteiger partial charge on any atom is -0.354 e. The van der Waals surface area contributed by atoms with Crippen LogP contribution >= 0.6 is 24.0 Å². The maximum absolute atomic E-state index is 6.06. The van der Waals surface area contributed by atoms with Crippen LogP contribution in [0.3, 0.4) is 0 Å². The zero-order chi connectivity index (χ0) is 9.97. The fourth-order valence-electron chi connectivity index (χ4n) is 1.33. The normalized spacial score (nSPS) is 13.9. The van der Waals surface area contributed by atoms with Crippen LogP contribution in [0.15, 0.2) is 23.2 Å². The third-order valence-corrected chi connectivity index (χ3v) is 2.36. The Morgan fingerprint density at radius 3 is 2.87 bits per heavy atom. The molecule has 0 saturated carbocycles. The van der Waals surface area contributed by atoms with Crippen LogP contribution in [-0.2, 0) is 0 Å². The number of hydrogen-bond acceptors (Lipinski definition) is 3. The van der Waals surface area contributed by atoms with Gasteiger partial charge in [-0.15, -0.1) is 12.4 Å². The van der Waals surface area contributed by atoms with Crippen molar-refractivity contribution in [3.8, 4) is 0 Å². The van der Waals surface area contributed by atoms with Gasteiger partial charge in [-0.25, -0.2) is 0 Å². The maximum atomic E-state index is 6.06. The molecule has 1 aliphatic heterocycles. The fraction of sp³-hybridized carbons (Fsp3) is 0.300. The van der Waals surface area contributed by atoms with Gasteiger partial charge >= 0.3 is 0 Å². The molecule has 3 nitrogen and oxygen atoms in total. The van der Waals surface area contributed by atoms with Crippen molar-refractivity contribution in [2.24, 2.45) is 4.99 Å². The third-order valence-electron chi connectivity index (χ3n) is 2.05. The number of nitrogens with zero attached hydrogens (tertiary/aromatic N) is 1. The Morgan fingerprint density at radius 2 is 2.27 bits per heavy atom. The number of nitrogens with one attached hydrogen (secondary N) is 2. The van der Waals surface area contributed by atoms with E-state index < -0.39 is 0 Å². The van der Waals surface area contributed by atoms with E-state index in [1.807, 2.05) is 25.1 Å². The summed E-state index contributed by atoms with van der Waals surface area (Å²) in [6, 6.07) is 5.91. The minimum atomic E-state index is 0. The third kappa shape index (κ3) is 3.01. The first kappa shape index (κ1) is 12.1. The lowest BCUT2D eigenvalue weighted by molar-refractivity contribution is 0.959. The van der Waals surface area contributed by atoms with Crippen LogP contribution in [0, 0.1) is 6.92 Å². The van der Waals surface area contributed by atoms with Crippen LogP contribution in [0.4, 0.5) is 5.69 Å². The molecule has 0 amide bonds. The smallest absolute Gasteiger partial charge is 0.195 e. The Labute approximate surface area is 100 Å². The number of guanidine groups is 1. The first-order valence-corrected chi connectivity index (χ1v) is 4.95. The van der Waals surface area contributed by atoms with Crippen molar-refractivity contribution < 1.29 is 0 Å². The Morgan fingerprint density at radius 1 is 1.47 bits per heavy atom. The Kier molecular flexibility index (Phi) is 4.24. The number of aryl methyl sites for hydroxylation is 1. The molecule has 0 radical (unpaired) electrons. The molecule has 0 bridgehead atoms. The molecule has 0 aliphatic carbocycles. The number of rotatable bonds is 1. The van der Waals surface area contributed by atoms with Gasteiger partial charge in [-0.1, -0.05) is 17.7 Å². The summed E-state index contributed by atoms with van der Waals surface area (Å²) in [5.74, 6) is 0.802. The van der Waals surface area contributed by atoms with Gasteiger partial charge in [0.25, 0.3) is 0 Å². The molecule has 0 spiro atoms. The van der Waals surface area contributed by atoms with E-state index in [4.69, 9.17) is 11.6 Å². The highest BCUT2D eigenvalue weighted by Crippen LogP contribution is 2.22. The maximum Gasteiger partial charge on any atom is 0.195 e. The van der Waals surface area contributed by atoms with Gasteiger partial charge in [-0.2, -0.15) is 0 Å². The standard InChI is InChI=1S/C10H12ClN3.ClH/c1-7-2-3-9(8(11)6-7)14-10-12-4-5-13-10;/h2-3,6H,4-5H2,1H3,(H2,12,13,14);1H. The summed E-state index contributed by atoms with van der Waals surface area (Å²) in [7, 11) is 0. The average Bonchev–Trinajstić information content (AvgIpc) is 2.62. The Balaban J connectivity index is 0.00000112. The summed E-state index contributed by atoms with van der Waals surface area (Å²) in [6.07, 6.45) is 0. The summed E-state index contributed by atoms with van der Waals surface area (Å²) in [5.41, 5.74) is 2.05. The molecule has 0 unspecified atom stereocenters. The molecule has 0 aromatic heterocycles. The number of hydrogen-bond donors (Lipinski definition) is 2. The van der Waals surface area contributed by atoms with E-state index in [-0.39, 0.29) is 12.4 Å². The van der Waals surface area contributed by atoms with E-state index in [9.17, 15) is 0 Å². The van der Waals surface area contributed by atoms with Crippen LogP contribution < -0.4 is 10.6 Å². The van der Waals surface area contributed by atoms with Gasteiger partial charge in [-0.3, -0.25) is 4.99 Å². The quantitative estimate of drug-likeness (QED) is 0.798. The van der Waals surface area contributed by atoms with Crippen molar-refractivity contribution in [1.82, 2.24) is 5.32 Å². The van der Waals surface area contributed by atoms with Crippen molar-refractivity contribution in [2.75, 3.05) is 18.4 Å². The second kappa shape index (κ2) is 5.24. The molecule has 15 heavy (non-hydrogen) atoms. The van der Waals surface area contributed by atoms with Crippen LogP contribution in [-0.4, -0.2) is 19.0 Å². The zero-order valence-corrected chi connectivity index (χ0v) is 9.95. The van der Waals surface area contributed by atoms with Gasteiger partial charge in [-0.05, 0) is 24.6 Å². The van der Waals surface area contributed by atoms with E-state index >= 15 is 0 Å². The summed E-state index contributed by atoms with van der Waals surface area (Å²) in [4.78, 5) is 4.23. The molecule has 0 fully saturated rings. The largest absolute Gasteiger partial charge is 0.354 e. The van der Waals surface area contributed by atoms with E-state index in [1.54, 1.807) is 0 Å². The van der Waals surface area contributed by atoms with Gasteiger partial charge in [0, 0.05) is 6.54 Å². The highest BCUT2D eigenvalue weighted by atomic mass is 35.5. The van der Waals surface area contributed by atoms with Crippen LogP contribution in [0.25, 0.3) is 0 Å². The highest BCUT2D eigenvalue weighted by molar-refractivity contribution is 6.33. The zero-order valence-electron chi connectivity index (χ0n) is 8.38. The predicted octanol–water partition coefficient (Wildman–Crippen LogP) is 2.44. The average molecular weight is 246 g/mol. The second-order valence-corrected chi connectivity index (χ2v) is 3.67. The molecule has 2 rings (SSSR count). The topological polar surface area (TPSA) is 36.4 Å². The van der Waals surface area contributed by atoms with Gasteiger partial charge in [0.1, 0.15) is 0 Å². The first-order valence-electron chi connectivity index (χ1n) is 4.57. The molecule has 1 heterocycles. The molecule has 2 N–H and O–H groups in total. The lowest BCUT2D eigenvalue weighted by Crippen LogP contribution is -2.26. The van der Waals surface area contributed by atoms with E-state index in [2.05, 4.69) is 15.6 Å². The Hall–Kier alpha value is -0.930. The van der Waals surface area contributed by atoms with Gasteiger partial charge in [0.15, 0.2) is 5.96 Å². The molecule has 1 aromatic rings. The van der Waals surface area contributed by atoms with Crippen LogP contribution in [0.2, 0.25) is 5.02 Å². The van der Waals surface area contributed by atoms with Crippen LogP contribution in [0.1, 0.15) is 5.56 Å². The monoisotopic (exact) mass is 245 g/mol. The molecule has 5 heteroatoms. The highest BCUT2D eigenvalue weighted by Gasteiger charge is 2.06. The SMILES string of the molecule is Cc1ccc(NC2=NCCN2)c(Cl)c1.Cl. The van der Waals surface area contributed by atoms with Gasteiger partial charge in [0.05, 0.1) is 17.3 Å². The molecule has 0 saturated heterocycles. The summed E-state index contributed by atoms with van der Waals surface area (Å²) < 4.78 is 0. The van der Waals surface area contributed by atoms with Gasteiger partial charge < -0.3 is 10.6 Å². The lowest BCUT2D eigenvalue weighted by Gasteiger charge is -2.08. The van der Waals surface area contributed by atoms with Gasteiger partial charge in [0.2, 0.25) is 0 Å².